The highest BCUT2D eigenvalue weighted by atomic mass is 32.4. The van der Waals surface area contributed by atoms with Crippen molar-refractivity contribution < 1.29 is 0 Å². The lowest BCUT2D eigenvalue weighted by Gasteiger charge is -1.89. The molecule has 2 heteroatoms. The lowest BCUT2D eigenvalue weighted by atomic mass is 10.2. The number of benzene rings is 1. The van der Waals surface area contributed by atoms with Crippen LogP contribution in [0.4, 0.5) is 0 Å². The molecular formula is C7H7PS. The van der Waals surface area contributed by atoms with Gasteiger partial charge in [-0.15, -0.1) is 0 Å². The fraction of sp³-hybridized carbons (Fsp3) is 0.143. The van der Waals surface area contributed by atoms with Crippen LogP contribution in [-0.4, -0.2) is 0 Å². The van der Waals surface area contributed by atoms with Gasteiger partial charge in [0.25, 0.3) is 0 Å². The summed E-state index contributed by atoms with van der Waals surface area (Å²) in [6, 6.07) is 10.3. The Hall–Kier alpha value is -0.260. The van der Waals surface area contributed by atoms with Crippen LogP contribution < -0.4 is 0 Å². The molecule has 0 aliphatic rings. The number of hydrogen-bond acceptors (Lipinski definition) is 1. The van der Waals surface area contributed by atoms with Crippen LogP contribution in [0.15, 0.2) is 30.3 Å². The van der Waals surface area contributed by atoms with Gasteiger partial charge in [0.05, 0.1) is 0 Å². The van der Waals surface area contributed by atoms with Crippen LogP contribution in [0.2, 0.25) is 0 Å². The fourth-order valence-electron chi connectivity index (χ4n) is 0.658. The summed E-state index contributed by atoms with van der Waals surface area (Å²) in [6.45, 7) is 0. The number of hydrogen-bond donors (Lipinski definition) is 0. The van der Waals surface area contributed by atoms with E-state index >= 15 is 0 Å². The zero-order valence-corrected chi connectivity index (χ0v) is 6.66. The molecule has 0 aromatic heterocycles. The van der Waals surface area contributed by atoms with Crippen molar-refractivity contribution in [1.29, 1.82) is 0 Å². The van der Waals surface area contributed by atoms with Gasteiger partial charge >= 0.3 is 0 Å². The first-order valence-corrected chi connectivity index (χ1v) is 4.86. The zero-order valence-electron chi connectivity index (χ0n) is 4.95. The van der Waals surface area contributed by atoms with Gasteiger partial charge in [-0.2, -0.15) is 0 Å². The first-order valence-electron chi connectivity index (χ1n) is 2.76. The maximum Gasteiger partial charge on any atom is 0.0250 e. The summed E-state index contributed by atoms with van der Waals surface area (Å²) in [5.74, 6) is 0. The van der Waals surface area contributed by atoms with Gasteiger partial charge in [-0.05, 0) is 12.9 Å². The molecule has 0 saturated heterocycles. The average Bonchev–Trinajstić information content (AvgIpc) is 1.91. The molecule has 1 aromatic carbocycles. The minimum Gasteiger partial charge on any atom is -0.0622 e. The third-order valence-electron chi connectivity index (χ3n) is 1.09. The van der Waals surface area contributed by atoms with Gasteiger partial charge in [0.2, 0.25) is 0 Å². The van der Waals surface area contributed by atoms with Gasteiger partial charge < -0.3 is 0 Å². The number of rotatable bonds is 2. The summed E-state index contributed by atoms with van der Waals surface area (Å²) in [6.07, 6.45) is 0.996. The minimum atomic E-state index is 0.996. The molecule has 0 fully saturated rings. The van der Waals surface area contributed by atoms with Crippen molar-refractivity contribution in [2.45, 2.75) is 6.16 Å². The summed E-state index contributed by atoms with van der Waals surface area (Å²) in [7, 11) is 1.03. The highest BCUT2D eigenvalue weighted by Crippen LogP contribution is 2.07. The van der Waals surface area contributed by atoms with Crippen molar-refractivity contribution in [3.8, 4) is 0 Å². The van der Waals surface area contributed by atoms with E-state index in [2.05, 4.69) is 12.1 Å². The molecule has 0 amide bonds. The molecule has 9 heavy (non-hydrogen) atoms. The molecule has 0 aliphatic heterocycles. The highest BCUT2D eigenvalue weighted by Gasteiger charge is 1.83. The molecule has 0 aliphatic carbocycles. The standard InChI is InChI=1S/C7H7PS/c9-8-6-7-4-2-1-3-5-7/h1-5H,6H2. The summed E-state index contributed by atoms with van der Waals surface area (Å²) in [5.41, 5.74) is 1.33. The summed E-state index contributed by atoms with van der Waals surface area (Å²) >= 11 is 4.81. The Morgan fingerprint density at radius 3 is 2.44 bits per heavy atom. The maximum absolute atomic E-state index is 4.81. The Morgan fingerprint density at radius 1 is 1.22 bits per heavy atom. The van der Waals surface area contributed by atoms with E-state index in [1.54, 1.807) is 0 Å². The van der Waals surface area contributed by atoms with Gasteiger partial charge in [-0.1, -0.05) is 42.1 Å². The minimum absolute atomic E-state index is 0.996. The molecule has 0 spiro atoms. The summed E-state index contributed by atoms with van der Waals surface area (Å²) < 4.78 is 0. The Labute approximate surface area is 61.7 Å². The van der Waals surface area contributed by atoms with Gasteiger partial charge in [-0.25, -0.2) is 0 Å². The maximum atomic E-state index is 4.81. The van der Waals surface area contributed by atoms with Crippen LogP contribution in [0.3, 0.4) is 0 Å². The predicted octanol–water partition coefficient (Wildman–Crippen LogP) is 2.59. The summed E-state index contributed by atoms with van der Waals surface area (Å²) in [5, 5.41) is 0. The van der Waals surface area contributed by atoms with Crippen molar-refractivity contribution in [1.82, 2.24) is 0 Å². The topological polar surface area (TPSA) is 0 Å². The van der Waals surface area contributed by atoms with Crippen molar-refractivity contribution in [2.75, 3.05) is 0 Å². The van der Waals surface area contributed by atoms with Gasteiger partial charge in [0, 0.05) is 6.16 Å². The Bertz CT molecular complexity index is 183. The molecule has 0 unspecified atom stereocenters. The monoisotopic (exact) mass is 154 g/mol. The lowest BCUT2D eigenvalue weighted by molar-refractivity contribution is 1.42. The Kier molecular flexibility index (Phi) is 2.82. The van der Waals surface area contributed by atoms with E-state index in [0.717, 1.165) is 13.5 Å². The van der Waals surface area contributed by atoms with E-state index in [4.69, 9.17) is 11.8 Å². The van der Waals surface area contributed by atoms with E-state index in [1.165, 1.54) is 5.56 Å². The molecule has 0 bridgehead atoms. The normalized spacial score (nSPS) is 9.78. The lowest BCUT2D eigenvalue weighted by Crippen LogP contribution is -1.71. The second-order valence-electron chi connectivity index (χ2n) is 1.77. The molecule has 0 saturated carbocycles. The quantitative estimate of drug-likeness (QED) is 0.590. The third-order valence-corrected chi connectivity index (χ3v) is 1.97. The molecule has 0 atom stereocenters. The molecule has 0 nitrogen and oxygen atoms in total. The Morgan fingerprint density at radius 2 is 1.89 bits per heavy atom. The van der Waals surface area contributed by atoms with Crippen molar-refractivity contribution in [3.05, 3.63) is 35.9 Å². The van der Waals surface area contributed by atoms with Gasteiger partial charge in [-0.3, -0.25) is 0 Å². The van der Waals surface area contributed by atoms with E-state index in [-0.39, 0.29) is 0 Å². The zero-order chi connectivity index (χ0) is 6.53. The molecule has 0 N–H and O–H groups in total. The van der Waals surface area contributed by atoms with E-state index in [1.807, 2.05) is 18.2 Å². The largest absolute Gasteiger partial charge is 0.0622 e. The average molecular weight is 154 g/mol. The van der Waals surface area contributed by atoms with Crippen LogP contribution in [0, 0.1) is 0 Å². The van der Waals surface area contributed by atoms with E-state index in [0.29, 0.717) is 0 Å². The van der Waals surface area contributed by atoms with Crippen LogP contribution in [0.25, 0.3) is 0 Å². The molecule has 0 heterocycles. The van der Waals surface area contributed by atoms with E-state index < -0.39 is 0 Å². The van der Waals surface area contributed by atoms with Crippen LogP contribution in [-0.2, 0) is 18.0 Å². The van der Waals surface area contributed by atoms with E-state index in [9.17, 15) is 0 Å². The summed E-state index contributed by atoms with van der Waals surface area (Å²) in [4.78, 5) is 0. The Balaban J connectivity index is 2.72. The molecule has 46 valence electrons. The van der Waals surface area contributed by atoms with Crippen LogP contribution >= 0.6 is 7.36 Å². The van der Waals surface area contributed by atoms with Gasteiger partial charge in [0.15, 0.2) is 0 Å². The fourth-order valence-corrected chi connectivity index (χ4v) is 1.47. The van der Waals surface area contributed by atoms with Crippen molar-refractivity contribution in [2.24, 2.45) is 0 Å². The first-order chi connectivity index (χ1) is 4.43. The second kappa shape index (κ2) is 3.71. The van der Waals surface area contributed by atoms with Crippen molar-refractivity contribution >= 4 is 19.2 Å². The SMILES string of the molecule is S=PCc1ccccc1. The molecule has 1 rings (SSSR count). The third kappa shape index (κ3) is 2.21. The molecular weight excluding hydrogens is 147 g/mol. The first kappa shape index (κ1) is 6.85. The van der Waals surface area contributed by atoms with Gasteiger partial charge in [0.1, 0.15) is 0 Å². The predicted molar refractivity (Wildman–Crippen MR) is 44.4 cm³/mol. The molecule has 1 aromatic rings. The molecule has 0 radical (unpaired) electrons. The van der Waals surface area contributed by atoms with Crippen LogP contribution in [0.1, 0.15) is 5.56 Å². The smallest absolute Gasteiger partial charge is 0.0250 e. The highest BCUT2D eigenvalue weighted by molar-refractivity contribution is 7.96. The second-order valence-corrected chi connectivity index (χ2v) is 3.12. The van der Waals surface area contributed by atoms with Crippen molar-refractivity contribution in [3.63, 3.8) is 0 Å². The van der Waals surface area contributed by atoms with Crippen LogP contribution in [0.5, 0.6) is 0 Å².